The van der Waals surface area contributed by atoms with Crippen LogP contribution in [0, 0.1) is 0 Å². The molecule has 2 heterocycles. The Hall–Kier alpha value is -3.45. The van der Waals surface area contributed by atoms with E-state index in [1.165, 1.54) is 0 Å². The largest absolute Gasteiger partial charge is 0.459 e. The van der Waals surface area contributed by atoms with Crippen molar-refractivity contribution in [1.29, 1.82) is 0 Å². The van der Waals surface area contributed by atoms with Crippen molar-refractivity contribution in [3.8, 4) is 22.7 Å². The summed E-state index contributed by atoms with van der Waals surface area (Å²) in [5, 5.41) is 8.47. The zero-order valence-corrected chi connectivity index (χ0v) is 16.0. The van der Waals surface area contributed by atoms with Crippen LogP contribution in [0.5, 0.6) is 0 Å². The summed E-state index contributed by atoms with van der Waals surface area (Å²) in [6.45, 7) is 0.0367. The Morgan fingerprint density at radius 3 is 2.55 bits per heavy atom. The summed E-state index contributed by atoms with van der Waals surface area (Å²) in [6.07, 6.45) is 0.402. The number of esters is 1. The first-order chi connectivity index (χ1) is 14.2. The fourth-order valence-electron chi connectivity index (χ4n) is 2.63. The standard InChI is InChI=1S/C21H16ClN3O4/c22-16-8-6-15(7-9-16)21-23-19(29-25-21)10-11-20(26)27-13-17-12-18(28-24-17)14-4-2-1-3-5-14/h1-9,12H,10-11,13H2. The van der Waals surface area contributed by atoms with Crippen LogP contribution in [0.3, 0.4) is 0 Å². The van der Waals surface area contributed by atoms with Gasteiger partial charge in [0.25, 0.3) is 0 Å². The van der Waals surface area contributed by atoms with E-state index in [-0.39, 0.29) is 25.4 Å². The molecule has 4 rings (SSSR count). The Kier molecular flexibility index (Phi) is 5.67. The van der Waals surface area contributed by atoms with Gasteiger partial charge in [-0.15, -0.1) is 0 Å². The van der Waals surface area contributed by atoms with Gasteiger partial charge < -0.3 is 13.8 Å². The zero-order valence-electron chi connectivity index (χ0n) is 15.2. The first-order valence-electron chi connectivity index (χ1n) is 8.92. The van der Waals surface area contributed by atoms with Gasteiger partial charge in [-0.2, -0.15) is 4.98 Å². The molecule has 0 spiro atoms. The van der Waals surface area contributed by atoms with E-state index in [1.54, 1.807) is 30.3 Å². The lowest BCUT2D eigenvalue weighted by molar-refractivity contribution is -0.145. The molecule has 0 saturated heterocycles. The van der Waals surface area contributed by atoms with Crippen LogP contribution in [0.15, 0.2) is 69.7 Å². The van der Waals surface area contributed by atoms with Crippen LogP contribution >= 0.6 is 11.6 Å². The first-order valence-corrected chi connectivity index (χ1v) is 9.30. The highest BCUT2D eigenvalue weighted by Gasteiger charge is 2.13. The van der Waals surface area contributed by atoms with Crippen molar-refractivity contribution in [2.45, 2.75) is 19.4 Å². The average molecular weight is 410 g/mol. The molecular formula is C21H16ClN3O4. The van der Waals surface area contributed by atoms with Crippen LogP contribution in [0.4, 0.5) is 0 Å². The summed E-state index contributed by atoms with van der Waals surface area (Å²) >= 11 is 5.87. The van der Waals surface area contributed by atoms with Crippen molar-refractivity contribution in [2.75, 3.05) is 0 Å². The van der Waals surface area contributed by atoms with Crippen molar-refractivity contribution in [3.63, 3.8) is 0 Å². The van der Waals surface area contributed by atoms with Crippen molar-refractivity contribution in [2.24, 2.45) is 0 Å². The van der Waals surface area contributed by atoms with E-state index in [0.717, 1.165) is 11.1 Å². The maximum atomic E-state index is 12.0. The Balaban J connectivity index is 1.27. The number of halogens is 1. The third kappa shape index (κ3) is 4.89. The topological polar surface area (TPSA) is 91.2 Å². The second-order valence-corrected chi connectivity index (χ2v) is 6.66. The zero-order chi connectivity index (χ0) is 20.1. The second-order valence-electron chi connectivity index (χ2n) is 6.23. The predicted molar refractivity (Wildman–Crippen MR) is 105 cm³/mol. The maximum Gasteiger partial charge on any atom is 0.306 e. The summed E-state index contributed by atoms with van der Waals surface area (Å²) in [6, 6.07) is 18.4. The average Bonchev–Trinajstić information content (AvgIpc) is 3.42. The van der Waals surface area contributed by atoms with Gasteiger partial charge in [0.2, 0.25) is 11.7 Å². The molecule has 8 heteroatoms. The van der Waals surface area contributed by atoms with Crippen LogP contribution in [0.2, 0.25) is 5.02 Å². The van der Waals surface area contributed by atoms with E-state index >= 15 is 0 Å². The lowest BCUT2D eigenvalue weighted by Crippen LogP contribution is -2.06. The van der Waals surface area contributed by atoms with Crippen LogP contribution in [0.1, 0.15) is 18.0 Å². The normalized spacial score (nSPS) is 10.8. The number of rotatable bonds is 7. The van der Waals surface area contributed by atoms with Crippen LogP contribution in [-0.2, 0) is 22.6 Å². The van der Waals surface area contributed by atoms with E-state index in [1.807, 2.05) is 30.3 Å². The number of aryl methyl sites for hydroxylation is 1. The van der Waals surface area contributed by atoms with E-state index in [9.17, 15) is 4.79 Å². The molecule has 0 unspecified atom stereocenters. The second kappa shape index (κ2) is 8.70. The molecule has 146 valence electrons. The van der Waals surface area contributed by atoms with Crippen LogP contribution in [-0.4, -0.2) is 21.3 Å². The van der Waals surface area contributed by atoms with Crippen LogP contribution < -0.4 is 0 Å². The van der Waals surface area contributed by atoms with E-state index < -0.39 is 0 Å². The number of carbonyl (C=O) groups excluding carboxylic acids is 1. The molecule has 0 atom stereocenters. The number of hydrogen-bond acceptors (Lipinski definition) is 7. The molecule has 7 nitrogen and oxygen atoms in total. The highest BCUT2D eigenvalue weighted by molar-refractivity contribution is 6.30. The quantitative estimate of drug-likeness (QED) is 0.408. The fraction of sp³-hybridized carbons (Fsp3) is 0.143. The Morgan fingerprint density at radius 1 is 0.966 bits per heavy atom. The molecule has 0 aliphatic carbocycles. The number of hydrogen-bond donors (Lipinski definition) is 0. The Bertz CT molecular complexity index is 1090. The van der Waals surface area contributed by atoms with Crippen molar-refractivity contribution in [3.05, 3.63) is 77.3 Å². The molecule has 0 N–H and O–H groups in total. The van der Waals surface area contributed by atoms with Gasteiger partial charge in [-0.1, -0.05) is 52.2 Å². The molecule has 0 bridgehead atoms. The van der Waals surface area contributed by atoms with Crippen LogP contribution in [0.25, 0.3) is 22.7 Å². The van der Waals surface area contributed by atoms with Gasteiger partial charge in [0, 0.05) is 28.6 Å². The van der Waals surface area contributed by atoms with Gasteiger partial charge >= 0.3 is 5.97 Å². The van der Waals surface area contributed by atoms with Crippen molar-refractivity contribution in [1.82, 2.24) is 15.3 Å². The van der Waals surface area contributed by atoms with Gasteiger partial charge in [0.15, 0.2) is 5.76 Å². The highest BCUT2D eigenvalue weighted by Crippen LogP contribution is 2.21. The Labute approximate surface area is 171 Å². The molecule has 29 heavy (non-hydrogen) atoms. The monoisotopic (exact) mass is 409 g/mol. The van der Waals surface area contributed by atoms with E-state index in [4.69, 9.17) is 25.4 Å². The third-order valence-corrected chi connectivity index (χ3v) is 4.36. The molecular weight excluding hydrogens is 394 g/mol. The molecule has 0 fully saturated rings. The first kappa shape index (κ1) is 18.9. The molecule has 2 aromatic carbocycles. The number of ether oxygens (including phenoxy) is 1. The lowest BCUT2D eigenvalue weighted by Gasteiger charge is -2.00. The predicted octanol–water partition coefficient (Wildman–Crippen LogP) is 4.72. The summed E-state index contributed by atoms with van der Waals surface area (Å²) in [4.78, 5) is 16.3. The van der Waals surface area contributed by atoms with Gasteiger partial charge in [0.1, 0.15) is 12.3 Å². The van der Waals surface area contributed by atoms with Crippen molar-refractivity contribution < 1.29 is 18.6 Å². The fourth-order valence-corrected chi connectivity index (χ4v) is 2.75. The minimum Gasteiger partial charge on any atom is -0.459 e. The van der Waals surface area contributed by atoms with Crippen molar-refractivity contribution >= 4 is 17.6 Å². The molecule has 0 radical (unpaired) electrons. The summed E-state index contributed by atoms with van der Waals surface area (Å²) in [5.41, 5.74) is 2.23. The molecule has 0 saturated carbocycles. The summed E-state index contributed by atoms with van der Waals surface area (Å²) < 4.78 is 15.7. The molecule has 4 aromatic rings. The van der Waals surface area contributed by atoms with Gasteiger partial charge in [-0.05, 0) is 24.3 Å². The van der Waals surface area contributed by atoms with Gasteiger partial charge in [0.05, 0.1) is 6.42 Å². The molecule has 2 aromatic heterocycles. The number of nitrogens with zero attached hydrogens (tertiary/aromatic N) is 3. The molecule has 0 aliphatic rings. The molecule has 0 aliphatic heterocycles. The van der Waals surface area contributed by atoms with E-state index in [2.05, 4.69) is 15.3 Å². The summed E-state index contributed by atoms with van der Waals surface area (Å²) in [5.74, 6) is 1.04. The smallest absolute Gasteiger partial charge is 0.306 e. The van der Waals surface area contributed by atoms with Gasteiger partial charge in [-0.3, -0.25) is 4.79 Å². The lowest BCUT2D eigenvalue weighted by atomic mass is 10.2. The number of aromatic nitrogens is 3. The Morgan fingerprint density at radius 2 is 1.76 bits per heavy atom. The van der Waals surface area contributed by atoms with Gasteiger partial charge in [-0.25, -0.2) is 0 Å². The third-order valence-electron chi connectivity index (χ3n) is 4.11. The highest BCUT2D eigenvalue weighted by atomic mass is 35.5. The van der Waals surface area contributed by atoms with E-state index in [0.29, 0.717) is 28.2 Å². The number of carbonyl (C=O) groups is 1. The number of benzene rings is 2. The minimum atomic E-state index is -0.388. The maximum absolute atomic E-state index is 12.0. The molecule has 0 amide bonds. The summed E-state index contributed by atoms with van der Waals surface area (Å²) in [7, 11) is 0. The minimum absolute atomic E-state index is 0.0367. The SMILES string of the molecule is O=C(CCc1nc(-c2ccc(Cl)cc2)no1)OCc1cc(-c2ccccc2)on1.